The van der Waals surface area contributed by atoms with E-state index in [2.05, 4.69) is 15.5 Å². The van der Waals surface area contributed by atoms with Crippen LogP contribution in [0.25, 0.3) is 0 Å². The minimum atomic E-state index is -4.38. The average molecular weight is 284 g/mol. The van der Waals surface area contributed by atoms with E-state index in [1.54, 1.807) is 36.7 Å². The first-order chi connectivity index (χ1) is 9.39. The van der Waals surface area contributed by atoms with Crippen molar-refractivity contribution in [2.24, 2.45) is 7.05 Å². The minimum absolute atomic E-state index is 0.175. The molecule has 108 valence electrons. The Hall–Kier alpha value is -1.89. The first kappa shape index (κ1) is 14.5. The standard InChI is InChI=1S/C13H15F3N4/c1-9(12-19-17-8-20(12)2)18-11(13(14,15)16)10-6-4-3-5-7-10/h3-9,11,18H,1-2H3. The highest BCUT2D eigenvalue weighted by atomic mass is 19.4. The van der Waals surface area contributed by atoms with Gasteiger partial charge >= 0.3 is 6.18 Å². The summed E-state index contributed by atoms with van der Waals surface area (Å²) < 4.78 is 41.2. The van der Waals surface area contributed by atoms with E-state index in [-0.39, 0.29) is 5.56 Å². The molecule has 1 N–H and O–H groups in total. The molecule has 2 aromatic rings. The van der Waals surface area contributed by atoms with Gasteiger partial charge in [-0.25, -0.2) is 0 Å². The lowest BCUT2D eigenvalue weighted by Gasteiger charge is -2.25. The molecule has 0 fully saturated rings. The van der Waals surface area contributed by atoms with Crippen LogP contribution in [0.15, 0.2) is 36.7 Å². The van der Waals surface area contributed by atoms with Gasteiger partial charge < -0.3 is 4.57 Å². The van der Waals surface area contributed by atoms with Crippen LogP contribution in [-0.2, 0) is 7.05 Å². The molecule has 1 aromatic heterocycles. The Balaban J connectivity index is 2.24. The molecule has 4 nitrogen and oxygen atoms in total. The van der Waals surface area contributed by atoms with Gasteiger partial charge in [0.2, 0.25) is 0 Å². The van der Waals surface area contributed by atoms with Gasteiger partial charge in [0.05, 0.1) is 6.04 Å². The fraction of sp³-hybridized carbons (Fsp3) is 0.385. The normalized spacial score (nSPS) is 15.1. The fourth-order valence-corrected chi connectivity index (χ4v) is 2.03. The third-order valence-corrected chi connectivity index (χ3v) is 3.01. The molecule has 20 heavy (non-hydrogen) atoms. The summed E-state index contributed by atoms with van der Waals surface area (Å²) in [5.41, 5.74) is 0.175. The number of nitrogens with zero attached hydrogens (tertiary/aromatic N) is 3. The second-order valence-electron chi connectivity index (χ2n) is 4.57. The monoisotopic (exact) mass is 284 g/mol. The zero-order chi connectivity index (χ0) is 14.8. The summed E-state index contributed by atoms with van der Waals surface area (Å²) in [4.78, 5) is 0. The molecule has 0 amide bonds. The van der Waals surface area contributed by atoms with Gasteiger partial charge in [0.15, 0.2) is 0 Å². The van der Waals surface area contributed by atoms with Crippen molar-refractivity contribution in [1.29, 1.82) is 0 Å². The molecule has 2 rings (SSSR count). The van der Waals surface area contributed by atoms with Crippen molar-refractivity contribution in [3.63, 3.8) is 0 Å². The summed E-state index contributed by atoms with van der Waals surface area (Å²) in [6, 6.07) is 5.45. The van der Waals surface area contributed by atoms with Crippen LogP contribution in [0.1, 0.15) is 30.4 Å². The molecule has 0 saturated heterocycles. The number of alkyl halides is 3. The molecule has 2 unspecified atom stereocenters. The van der Waals surface area contributed by atoms with Gasteiger partial charge in [-0.05, 0) is 12.5 Å². The predicted molar refractivity (Wildman–Crippen MR) is 67.8 cm³/mol. The van der Waals surface area contributed by atoms with Crippen LogP contribution in [-0.4, -0.2) is 20.9 Å². The Bertz CT molecular complexity index is 550. The van der Waals surface area contributed by atoms with Crippen LogP contribution in [0.4, 0.5) is 13.2 Å². The van der Waals surface area contributed by atoms with Crippen molar-refractivity contribution in [1.82, 2.24) is 20.1 Å². The quantitative estimate of drug-likeness (QED) is 0.938. The number of aromatic nitrogens is 3. The van der Waals surface area contributed by atoms with Gasteiger partial charge in [0.25, 0.3) is 0 Å². The number of nitrogens with one attached hydrogen (secondary N) is 1. The zero-order valence-electron chi connectivity index (χ0n) is 11.1. The van der Waals surface area contributed by atoms with Gasteiger partial charge in [0, 0.05) is 7.05 Å². The fourth-order valence-electron chi connectivity index (χ4n) is 2.03. The minimum Gasteiger partial charge on any atom is -0.319 e. The van der Waals surface area contributed by atoms with Crippen LogP contribution in [0.5, 0.6) is 0 Å². The highest BCUT2D eigenvalue weighted by molar-refractivity contribution is 5.20. The van der Waals surface area contributed by atoms with E-state index in [9.17, 15) is 13.2 Å². The summed E-state index contributed by atoms with van der Waals surface area (Å²) in [5.74, 6) is 0.454. The Labute approximate surface area is 114 Å². The van der Waals surface area contributed by atoms with Crippen molar-refractivity contribution in [2.75, 3.05) is 0 Å². The Morgan fingerprint density at radius 1 is 1.20 bits per heavy atom. The lowest BCUT2D eigenvalue weighted by Crippen LogP contribution is -2.36. The zero-order valence-corrected chi connectivity index (χ0v) is 11.1. The topological polar surface area (TPSA) is 42.7 Å². The van der Waals surface area contributed by atoms with Crippen molar-refractivity contribution in [2.45, 2.75) is 25.2 Å². The van der Waals surface area contributed by atoms with E-state index in [1.165, 1.54) is 18.5 Å². The molecule has 2 atom stereocenters. The van der Waals surface area contributed by atoms with E-state index < -0.39 is 18.3 Å². The third-order valence-electron chi connectivity index (χ3n) is 3.01. The van der Waals surface area contributed by atoms with Crippen LogP contribution >= 0.6 is 0 Å². The van der Waals surface area contributed by atoms with Crippen LogP contribution in [0, 0.1) is 0 Å². The highest BCUT2D eigenvalue weighted by Crippen LogP contribution is 2.34. The predicted octanol–water partition coefficient (Wildman–Crippen LogP) is 2.77. The number of rotatable bonds is 4. The molecular weight excluding hydrogens is 269 g/mol. The molecule has 0 bridgehead atoms. The van der Waals surface area contributed by atoms with Gasteiger partial charge in [-0.2, -0.15) is 13.2 Å². The molecule has 0 saturated carbocycles. The van der Waals surface area contributed by atoms with Gasteiger partial charge in [0.1, 0.15) is 18.2 Å². The Morgan fingerprint density at radius 3 is 2.35 bits per heavy atom. The molecule has 0 aliphatic rings. The highest BCUT2D eigenvalue weighted by Gasteiger charge is 2.41. The van der Waals surface area contributed by atoms with Gasteiger partial charge in [-0.1, -0.05) is 30.3 Å². The van der Waals surface area contributed by atoms with Crippen LogP contribution in [0.2, 0.25) is 0 Å². The van der Waals surface area contributed by atoms with Gasteiger partial charge in [-0.15, -0.1) is 10.2 Å². The van der Waals surface area contributed by atoms with Crippen molar-refractivity contribution in [3.8, 4) is 0 Å². The molecule has 1 heterocycles. The van der Waals surface area contributed by atoms with Crippen molar-refractivity contribution < 1.29 is 13.2 Å². The van der Waals surface area contributed by atoms with Crippen LogP contribution < -0.4 is 5.32 Å². The summed E-state index contributed by atoms with van der Waals surface area (Å²) in [7, 11) is 1.69. The maximum Gasteiger partial charge on any atom is 0.407 e. The third kappa shape index (κ3) is 3.16. The second-order valence-corrected chi connectivity index (χ2v) is 4.57. The number of hydrogen-bond donors (Lipinski definition) is 1. The first-order valence-corrected chi connectivity index (χ1v) is 6.11. The largest absolute Gasteiger partial charge is 0.407 e. The average Bonchev–Trinajstić information content (AvgIpc) is 2.82. The summed E-state index contributed by atoms with van der Waals surface area (Å²) in [5, 5.41) is 10.1. The first-order valence-electron chi connectivity index (χ1n) is 6.11. The maximum atomic E-state index is 13.2. The van der Waals surface area contributed by atoms with E-state index in [1.807, 2.05) is 0 Å². The van der Waals surface area contributed by atoms with E-state index in [0.29, 0.717) is 5.82 Å². The second kappa shape index (κ2) is 5.62. The lowest BCUT2D eigenvalue weighted by molar-refractivity contribution is -0.159. The molecule has 1 aromatic carbocycles. The van der Waals surface area contributed by atoms with Crippen LogP contribution in [0.3, 0.4) is 0 Å². The Morgan fingerprint density at radius 2 is 1.85 bits per heavy atom. The van der Waals surface area contributed by atoms with Crippen molar-refractivity contribution >= 4 is 0 Å². The molecule has 0 aliphatic heterocycles. The molecule has 0 aliphatic carbocycles. The SMILES string of the molecule is CC(NC(c1ccccc1)C(F)(F)F)c1nncn1C. The summed E-state index contributed by atoms with van der Waals surface area (Å²) >= 11 is 0. The van der Waals surface area contributed by atoms with E-state index in [0.717, 1.165) is 0 Å². The molecule has 0 spiro atoms. The molecular formula is C13H15F3N4. The molecule has 7 heteroatoms. The molecule has 0 radical (unpaired) electrons. The Kier molecular flexibility index (Phi) is 4.08. The number of aryl methyl sites for hydroxylation is 1. The van der Waals surface area contributed by atoms with Gasteiger partial charge in [-0.3, -0.25) is 5.32 Å². The maximum absolute atomic E-state index is 13.2. The summed E-state index contributed by atoms with van der Waals surface area (Å²) in [6.07, 6.45) is -2.92. The number of benzene rings is 1. The van der Waals surface area contributed by atoms with E-state index >= 15 is 0 Å². The smallest absolute Gasteiger partial charge is 0.319 e. The summed E-state index contributed by atoms with van der Waals surface area (Å²) in [6.45, 7) is 1.63. The van der Waals surface area contributed by atoms with Crippen molar-refractivity contribution in [3.05, 3.63) is 48.0 Å². The number of hydrogen-bond acceptors (Lipinski definition) is 3. The lowest BCUT2D eigenvalue weighted by atomic mass is 10.1. The number of halogens is 3. The van der Waals surface area contributed by atoms with E-state index in [4.69, 9.17) is 0 Å².